The molecule has 1 heterocycles. The Labute approximate surface area is 119 Å². The van der Waals surface area contributed by atoms with Gasteiger partial charge in [-0.25, -0.2) is 0 Å². The predicted octanol–water partition coefficient (Wildman–Crippen LogP) is 2.40. The molecule has 2 amide bonds. The number of amides is 2. The molecule has 4 nitrogen and oxygen atoms in total. The summed E-state index contributed by atoms with van der Waals surface area (Å²) >= 11 is 4.76. The molecule has 6 heteroatoms. The Balaban J connectivity index is 2.21. The third kappa shape index (κ3) is 5.64. The monoisotopic (exact) mass is 332 g/mol. The Hall–Kier alpha value is -0.880. The Morgan fingerprint density at radius 1 is 1.39 bits per heavy atom. The number of hydrogen-bond donors (Lipinski definition) is 2. The van der Waals surface area contributed by atoms with Crippen molar-refractivity contribution in [1.82, 2.24) is 10.6 Å². The van der Waals surface area contributed by atoms with Gasteiger partial charge in [-0.05, 0) is 27.9 Å². The van der Waals surface area contributed by atoms with Crippen molar-refractivity contribution in [2.75, 3.05) is 13.1 Å². The smallest absolute Gasteiger partial charge is 0.252 e. The molecule has 0 aliphatic rings. The third-order valence-corrected chi connectivity index (χ3v) is 3.68. The number of hydrogen-bond acceptors (Lipinski definition) is 3. The van der Waals surface area contributed by atoms with Gasteiger partial charge in [0.15, 0.2) is 0 Å². The zero-order chi connectivity index (χ0) is 13.5. The van der Waals surface area contributed by atoms with Crippen LogP contribution in [0.4, 0.5) is 0 Å². The highest BCUT2D eigenvalue weighted by atomic mass is 79.9. The number of thiophene rings is 1. The quantitative estimate of drug-likeness (QED) is 0.840. The van der Waals surface area contributed by atoms with Gasteiger partial charge in [0.2, 0.25) is 5.91 Å². The molecule has 0 aromatic carbocycles. The van der Waals surface area contributed by atoms with E-state index in [-0.39, 0.29) is 11.8 Å². The van der Waals surface area contributed by atoms with E-state index in [0.29, 0.717) is 31.0 Å². The molecule has 0 aliphatic heterocycles. The van der Waals surface area contributed by atoms with Crippen LogP contribution in [0, 0.1) is 5.92 Å². The zero-order valence-corrected chi connectivity index (χ0v) is 12.9. The Kier molecular flexibility index (Phi) is 6.35. The highest BCUT2D eigenvalue weighted by molar-refractivity contribution is 9.11. The average Bonchev–Trinajstić information content (AvgIpc) is 2.73. The fourth-order valence-corrected chi connectivity index (χ4v) is 2.36. The summed E-state index contributed by atoms with van der Waals surface area (Å²) in [5.74, 6) is 0.260. The van der Waals surface area contributed by atoms with Crippen LogP contribution in [0.25, 0.3) is 0 Å². The van der Waals surface area contributed by atoms with Gasteiger partial charge in [0, 0.05) is 24.9 Å². The lowest BCUT2D eigenvalue weighted by Crippen LogP contribution is -2.32. The standard InChI is InChI=1S/C12H17BrN2O2S/c1-8(2)6-15-11(16)3-4-14-12(17)9-5-10(13)18-7-9/h5,7-8H,3-4,6H2,1-2H3,(H,14,17)(H,15,16). The molecule has 100 valence electrons. The number of nitrogens with one attached hydrogen (secondary N) is 2. The van der Waals surface area contributed by atoms with E-state index in [1.165, 1.54) is 11.3 Å². The maximum Gasteiger partial charge on any atom is 0.252 e. The number of rotatable bonds is 6. The van der Waals surface area contributed by atoms with Crippen molar-refractivity contribution in [1.29, 1.82) is 0 Å². The van der Waals surface area contributed by atoms with Gasteiger partial charge in [-0.1, -0.05) is 13.8 Å². The summed E-state index contributed by atoms with van der Waals surface area (Å²) in [6.07, 6.45) is 0.309. The molecule has 1 aromatic heterocycles. The first-order chi connectivity index (χ1) is 8.49. The first-order valence-electron chi connectivity index (χ1n) is 5.78. The summed E-state index contributed by atoms with van der Waals surface area (Å²) in [5, 5.41) is 7.30. The van der Waals surface area contributed by atoms with Crippen molar-refractivity contribution in [3.63, 3.8) is 0 Å². The van der Waals surface area contributed by atoms with Crippen molar-refractivity contribution in [2.45, 2.75) is 20.3 Å². The Morgan fingerprint density at radius 2 is 2.11 bits per heavy atom. The maximum atomic E-state index is 11.6. The van der Waals surface area contributed by atoms with Crippen LogP contribution in [-0.2, 0) is 4.79 Å². The van der Waals surface area contributed by atoms with E-state index in [9.17, 15) is 9.59 Å². The lowest BCUT2D eigenvalue weighted by Gasteiger charge is -2.07. The van der Waals surface area contributed by atoms with E-state index in [1.807, 2.05) is 13.8 Å². The van der Waals surface area contributed by atoms with Crippen LogP contribution >= 0.6 is 27.3 Å². The normalized spacial score (nSPS) is 10.4. The molecule has 0 unspecified atom stereocenters. The number of halogens is 1. The van der Waals surface area contributed by atoms with Crippen LogP contribution < -0.4 is 10.6 Å². The fraction of sp³-hybridized carbons (Fsp3) is 0.500. The Morgan fingerprint density at radius 3 is 2.67 bits per heavy atom. The first kappa shape index (κ1) is 15.2. The second kappa shape index (κ2) is 7.53. The molecule has 0 aliphatic carbocycles. The molecule has 2 N–H and O–H groups in total. The van der Waals surface area contributed by atoms with Gasteiger partial charge < -0.3 is 10.6 Å². The van der Waals surface area contributed by atoms with Crippen molar-refractivity contribution in [3.05, 3.63) is 20.8 Å². The lowest BCUT2D eigenvalue weighted by atomic mass is 10.2. The highest BCUT2D eigenvalue weighted by Crippen LogP contribution is 2.20. The molecule has 1 aromatic rings. The molecule has 0 saturated carbocycles. The minimum absolute atomic E-state index is 0.0319. The zero-order valence-electron chi connectivity index (χ0n) is 10.5. The van der Waals surface area contributed by atoms with E-state index in [4.69, 9.17) is 0 Å². The summed E-state index contributed by atoms with van der Waals surface area (Å²) in [6.45, 7) is 5.10. The van der Waals surface area contributed by atoms with E-state index in [2.05, 4.69) is 26.6 Å². The largest absolute Gasteiger partial charge is 0.356 e. The molecule has 0 spiro atoms. The van der Waals surface area contributed by atoms with Gasteiger partial charge in [-0.15, -0.1) is 11.3 Å². The van der Waals surface area contributed by atoms with Crippen molar-refractivity contribution in [3.8, 4) is 0 Å². The highest BCUT2D eigenvalue weighted by Gasteiger charge is 2.08. The lowest BCUT2D eigenvalue weighted by molar-refractivity contribution is -0.121. The SMILES string of the molecule is CC(C)CNC(=O)CCNC(=O)c1csc(Br)c1. The second-order valence-corrected chi connectivity index (χ2v) is 6.63. The third-order valence-electron chi connectivity index (χ3n) is 2.17. The molecule has 0 bridgehead atoms. The van der Waals surface area contributed by atoms with Gasteiger partial charge in [0.25, 0.3) is 5.91 Å². The molecule has 0 radical (unpaired) electrons. The second-order valence-electron chi connectivity index (χ2n) is 4.34. The van der Waals surface area contributed by atoms with Crippen LogP contribution in [0.3, 0.4) is 0 Å². The number of carbonyl (C=O) groups is 2. The van der Waals surface area contributed by atoms with Crippen LogP contribution in [-0.4, -0.2) is 24.9 Å². The van der Waals surface area contributed by atoms with Crippen LogP contribution in [0.15, 0.2) is 15.2 Å². The molecular weight excluding hydrogens is 316 g/mol. The summed E-state index contributed by atoms with van der Waals surface area (Å²) in [5.41, 5.74) is 0.620. The van der Waals surface area contributed by atoms with E-state index < -0.39 is 0 Å². The van der Waals surface area contributed by atoms with Gasteiger partial charge in [0.1, 0.15) is 0 Å². The molecule has 0 fully saturated rings. The van der Waals surface area contributed by atoms with Gasteiger partial charge in [-0.3, -0.25) is 9.59 Å². The minimum Gasteiger partial charge on any atom is -0.356 e. The summed E-state index contributed by atoms with van der Waals surface area (Å²) in [7, 11) is 0. The first-order valence-corrected chi connectivity index (χ1v) is 7.45. The summed E-state index contributed by atoms with van der Waals surface area (Å²) in [6, 6.07) is 1.76. The van der Waals surface area contributed by atoms with E-state index >= 15 is 0 Å². The van der Waals surface area contributed by atoms with Crippen molar-refractivity contribution < 1.29 is 9.59 Å². The minimum atomic E-state index is -0.145. The summed E-state index contributed by atoms with van der Waals surface area (Å²) in [4.78, 5) is 23.1. The van der Waals surface area contributed by atoms with Gasteiger partial charge in [-0.2, -0.15) is 0 Å². The van der Waals surface area contributed by atoms with Crippen molar-refractivity contribution >= 4 is 39.1 Å². The molecule has 1 rings (SSSR count). The average molecular weight is 333 g/mol. The molecule has 18 heavy (non-hydrogen) atoms. The summed E-state index contributed by atoms with van der Waals surface area (Å²) < 4.78 is 0.919. The topological polar surface area (TPSA) is 58.2 Å². The van der Waals surface area contributed by atoms with E-state index in [1.54, 1.807) is 11.4 Å². The molecule has 0 atom stereocenters. The van der Waals surface area contributed by atoms with Gasteiger partial charge >= 0.3 is 0 Å². The molecule has 0 saturated heterocycles. The van der Waals surface area contributed by atoms with Gasteiger partial charge in [0.05, 0.1) is 9.35 Å². The van der Waals surface area contributed by atoms with Crippen LogP contribution in [0.1, 0.15) is 30.6 Å². The van der Waals surface area contributed by atoms with E-state index in [0.717, 1.165) is 3.79 Å². The molecular formula is C12H17BrN2O2S. The van der Waals surface area contributed by atoms with Crippen LogP contribution in [0.2, 0.25) is 0 Å². The van der Waals surface area contributed by atoms with Crippen molar-refractivity contribution in [2.24, 2.45) is 5.92 Å². The predicted molar refractivity (Wildman–Crippen MR) is 76.8 cm³/mol. The maximum absolute atomic E-state index is 11.6. The van der Waals surface area contributed by atoms with Crippen LogP contribution in [0.5, 0.6) is 0 Å². The number of carbonyl (C=O) groups excluding carboxylic acids is 2. The fourth-order valence-electron chi connectivity index (χ4n) is 1.23. The Bertz CT molecular complexity index is 418.